The van der Waals surface area contributed by atoms with Crippen molar-refractivity contribution in [3.8, 4) is 5.75 Å². The lowest BCUT2D eigenvalue weighted by Crippen LogP contribution is -2.37. The molecule has 124 valence electrons. The zero-order valence-electron chi connectivity index (χ0n) is 12.4. The van der Waals surface area contributed by atoms with Crippen molar-refractivity contribution in [3.63, 3.8) is 0 Å². The molecular weight excluding hydrogens is 359 g/mol. The standard InChI is InChI=1S/C16H16Cl2N2O2.ClH/c1-22-13-6-4-12(5-7-13)20-16(21)15(19)8-10-2-3-11(17)9-14(10)18;/h2-7,9,15H,8,19H2,1H3,(H,20,21);1H/t15-;/m1./s1. The number of methoxy groups -OCH3 is 1. The summed E-state index contributed by atoms with van der Waals surface area (Å²) in [5, 5.41) is 3.80. The van der Waals surface area contributed by atoms with Crippen molar-refractivity contribution in [3.05, 3.63) is 58.1 Å². The summed E-state index contributed by atoms with van der Waals surface area (Å²) in [5.74, 6) is 0.437. The molecule has 0 fully saturated rings. The van der Waals surface area contributed by atoms with E-state index in [-0.39, 0.29) is 18.3 Å². The Morgan fingerprint density at radius 2 is 1.87 bits per heavy atom. The second-order valence-electron chi connectivity index (χ2n) is 4.76. The molecule has 0 bridgehead atoms. The highest BCUT2D eigenvalue weighted by Crippen LogP contribution is 2.22. The number of carbonyl (C=O) groups is 1. The zero-order valence-corrected chi connectivity index (χ0v) is 14.7. The first-order valence-electron chi connectivity index (χ1n) is 6.64. The molecular formula is C16H17Cl3N2O2. The predicted octanol–water partition coefficient (Wildman–Crippen LogP) is 3.93. The average Bonchev–Trinajstić information content (AvgIpc) is 2.50. The van der Waals surface area contributed by atoms with E-state index < -0.39 is 6.04 Å². The van der Waals surface area contributed by atoms with Crippen molar-refractivity contribution < 1.29 is 9.53 Å². The Kier molecular flexibility index (Phi) is 7.65. The van der Waals surface area contributed by atoms with Crippen LogP contribution in [0.15, 0.2) is 42.5 Å². The molecule has 0 spiro atoms. The second-order valence-corrected chi connectivity index (χ2v) is 5.61. The molecule has 0 aliphatic heterocycles. The summed E-state index contributed by atoms with van der Waals surface area (Å²) in [6.07, 6.45) is 0.331. The van der Waals surface area contributed by atoms with Gasteiger partial charge in [-0.15, -0.1) is 12.4 Å². The van der Waals surface area contributed by atoms with E-state index in [9.17, 15) is 4.79 Å². The van der Waals surface area contributed by atoms with Gasteiger partial charge in [0.2, 0.25) is 5.91 Å². The van der Waals surface area contributed by atoms with Crippen LogP contribution in [0.25, 0.3) is 0 Å². The third kappa shape index (κ3) is 5.59. The van der Waals surface area contributed by atoms with E-state index in [2.05, 4.69) is 5.32 Å². The van der Waals surface area contributed by atoms with Gasteiger partial charge in [0, 0.05) is 15.7 Å². The van der Waals surface area contributed by atoms with E-state index in [1.54, 1.807) is 49.6 Å². The van der Waals surface area contributed by atoms with Gasteiger partial charge in [-0.25, -0.2) is 0 Å². The fourth-order valence-corrected chi connectivity index (χ4v) is 2.41. The highest BCUT2D eigenvalue weighted by Gasteiger charge is 2.16. The molecule has 0 saturated heterocycles. The fourth-order valence-electron chi connectivity index (χ4n) is 1.93. The number of amides is 1. The van der Waals surface area contributed by atoms with Gasteiger partial charge in [0.1, 0.15) is 5.75 Å². The third-order valence-electron chi connectivity index (χ3n) is 3.15. The molecule has 0 aliphatic rings. The van der Waals surface area contributed by atoms with Crippen molar-refractivity contribution >= 4 is 47.2 Å². The predicted molar refractivity (Wildman–Crippen MR) is 97.0 cm³/mol. The van der Waals surface area contributed by atoms with Crippen LogP contribution in [0.5, 0.6) is 5.75 Å². The van der Waals surface area contributed by atoms with Crippen molar-refractivity contribution in [2.24, 2.45) is 5.73 Å². The summed E-state index contributed by atoms with van der Waals surface area (Å²) in [6.45, 7) is 0. The SMILES string of the molecule is COc1ccc(NC(=O)[C@H](N)Cc2ccc(Cl)cc2Cl)cc1.Cl. The van der Waals surface area contributed by atoms with Gasteiger partial charge in [0.25, 0.3) is 0 Å². The Balaban J connectivity index is 0.00000264. The maximum absolute atomic E-state index is 12.1. The van der Waals surface area contributed by atoms with Crippen LogP contribution < -0.4 is 15.8 Å². The number of rotatable bonds is 5. The Bertz CT molecular complexity index is 663. The minimum atomic E-state index is -0.708. The van der Waals surface area contributed by atoms with Crippen LogP contribution in [0.3, 0.4) is 0 Å². The first-order chi connectivity index (χ1) is 10.5. The topological polar surface area (TPSA) is 64.3 Å². The number of anilines is 1. The lowest BCUT2D eigenvalue weighted by Gasteiger charge is -2.13. The maximum Gasteiger partial charge on any atom is 0.241 e. The van der Waals surface area contributed by atoms with Gasteiger partial charge in [-0.05, 0) is 48.4 Å². The van der Waals surface area contributed by atoms with E-state index >= 15 is 0 Å². The molecule has 1 amide bonds. The fraction of sp³-hybridized carbons (Fsp3) is 0.188. The van der Waals surface area contributed by atoms with Crippen molar-refractivity contribution in [2.45, 2.75) is 12.5 Å². The van der Waals surface area contributed by atoms with E-state index in [4.69, 9.17) is 33.7 Å². The number of benzene rings is 2. The van der Waals surface area contributed by atoms with Crippen LogP contribution in [-0.4, -0.2) is 19.1 Å². The normalized spacial score (nSPS) is 11.3. The Hall–Kier alpha value is -1.46. The zero-order chi connectivity index (χ0) is 16.1. The Labute approximate surface area is 151 Å². The smallest absolute Gasteiger partial charge is 0.241 e. The van der Waals surface area contributed by atoms with Crippen LogP contribution in [0.2, 0.25) is 10.0 Å². The highest BCUT2D eigenvalue weighted by molar-refractivity contribution is 6.35. The molecule has 2 aromatic rings. The first-order valence-corrected chi connectivity index (χ1v) is 7.39. The van der Waals surface area contributed by atoms with Gasteiger partial charge < -0.3 is 15.8 Å². The summed E-state index contributed by atoms with van der Waals surface area (Å²) in [6, 6.07) is 11.4. The van der Waals surface area contributed by atoms with Crippen molar-refractivity contribution in [1.29, 1.82) is 0 Å². The first kappa shape index (κ1) is 19.6. The van der Waals surface area contributed by atoms with Gasteiger partial charge in [-0.3, -0.25) is 4.79 Å². The van der Waals surface area contributed by atoms with Crippen LogP contribution >= 0.6 is 35.6 Å². The number of hydrogen-bond acceptors (Lipinski definition) is 3. The van der Waals surface area contributed by atoms with E-state index in [0.29, 0.717) is 22.2 Å². The van der Waals surface area contributed by atoms with Crippen LogP contribution in [0, 0.1) is 0 Å². The molecule has 1 atom stereocenters. The average molecular weight is 376 g/mol. The minimum absolute atomic E-state index is 0. The number of ether oxygens (including phenoxy) is 1. The molecule has 0 radical (unpaired) electrons. The van der Waals surface area contributed by atoms with Gasteiger partial charge in [-0.2, -0.15) is 0 Å². The monoisotopic (exact) mass is 374 g/mol. The molecule has 0 unspecified atom stereocenters. The number of halogens is 3. The Morgan fingerprint density at radius 1 is 1.22 bits per heavy atom. The van der Waals surface area contributed by atoms with Crippen LogP contribution in [0.4, 0.5) is 5.69 Å². The number of nitrogens with two attached hydrogens (primary N) is 1. The third-order valence-corrected chi connectivity index (χ3v) is 3.74. The van der Waals surface area contributed by atoms with E-state index in [1.165, 1.54) is 0 Å². The number of carbonyl (C=O) groups excluding carboxylic acids is 1. The van der Waals surface area contributed by atoms with Gasteiger partial charge in [0.15, 0.2) is 0 Å². The molecule has 0 heterocycles. The van der Waals surface area contributed by atoms with Crippen molar-refractivity contribution in [1.82, 2.24) is 0 Å². The summed E-state index contributed by atoms with van der Waals surface area (Å²) in [7, 11) is 1.58. The molecule has 0 saturated carbocycles. The second kappa shape index (κ2) is 8.99. The number of nitrogens with one attached hydrogen (secondary N) is 1. The lowest BCUT2D eigenvalue weighted by atomic mass is 10.1. The molecule has 4 nitrogen and oxygen atoms in total. The van der Waals surface area contributed by atoms with Gasteiger partial charge in [0.05, 0.1) is 13.2 Å². The quantitative estimate of drug-likeness (QED) is 0.832. The van der Waals surface area contributed by atoms with Crippen molar-refractivity contribution in [2.75, 3.05) is 12.4 Å². The molecule has 0 aromatic heterocycles. The maximum atomic E-state index is 12.1. The summed E-state index contributed by atoms with van der Waals surface area (Å²) >= 11 is 11.9. The molecule has 0 aliphatic carbocycles. The molecule has 2 rings (SSSR count). The molecule has 3 N–H and O–H groups in total. The van der Waals surface area contributed by atoms with Crippen LogP contribution in [0.1, 0.15) is 5.56 Å². The highest BCUT2D eigenvalue weighted by atomic mass is 35.5. The summed E-state index contributed by atoms with van der Waals surface area (Å²) in [4.78, 5) is 12.1. The van der Waals surface area contributed by atoms with E-state index in [0.717, 1.165) is 11.3 Å². The lowest BCUT2D eigenvalue weighted by molar-refractivity contribution is -0.117. The van der Waals surface area contributed by atoms with Crippen LogP contribution in [-0.2, 0) is 11.2 Å². The summed E-state index contributed by atoms with van der Waals surface area (Å²) in [5.41, 5.74) is 7.37. The molecule has 23 heavy (non-hydrogen) atoms. The molecule has 2 aromatic carbocycles. The largest absolute Gasteiger partial charge is 0.497 e. The summed E-state index contributed by atoms with van der Waals surface area (Å²) < 4.78 is 5.06. The van der Waals surface area contributed by atoms with Gasteiger partial charge in [-0.1, -0.05) is 29.3 Å². The minimum Gasteiger partial charge on any atom is -0.497 e. The molecule has 7 heteroatoms. The number of hydrogen-bond donors (Lipinski definition) is 2. The van der Waals surface area contributed by atoms with E-state index in [1.807, 2.05) is 0 Å². The Morgan fingerprint density at radius 3 is 2.43 bits per heavy atom. The van der Waals surface area contributed by atoms with Gasteiger partial charge >= 0.3 is 0 Å².